The molecule has 3 nitrogen and oxygen atoms in total. The van der Waals surface area contributed by atoms with Gasteiger partial charge in [0.15, 0.2) is 0 Å². The van der Waals surface area contributed by atoms with Gasteiger partial charge < -0.3 is 9.88 Å². The number of nitrogens with zero attached hydrogens (tertiary/aromatic N) is 1. The van der Waals surface area contributed by atoms with E-state index in [0.717, 1.165) is 23.0 Å². The van der Waals surface area contributed by atoms with Gasteiger partial charge in [0.25, 0.3) is 5.91 Å². The summed E-state index contributed by atoms with van der Waals surface area (Å²) in [5.41, 5.74) is 0.752. The zero-order valence-corrected chi connectivity index (χ0v) is 12.7. The Hall–Kier alpha value is -0.770. The van der Waals surface area contributed by atoms with Crippen molar-refractivity contribution in [3.8, 4) is 0 Å². The minimum absolute atomic E-state index is 0.0568. The maximum Gasteiger partial charge on any atom is 0.268 e. The maximum absolute atomic E-state index is 12.3. The molecule has 1 aliphatic rings. The average molecular weight is 313 g/mol. The molecule has 0 bridgehead atoms. The third kappa shape index (κ3) is 3.16. The van der Waals surface area contributed by atoms with E-state index in [1.165, 1.54) is 19.3 Å². The van der Waals surface area contributed by atoms with Crippen molar-refractivity contribution in [2.45, 2.75) is 58.0 Å². The van der Waals surface area contributed by atoms with E-state index in [1.54, 1.807) is 0 Å². The fraction of sp³-hybridized carbons (Fsp3) is 0.643. The maximum atomic E-state index is 12.3. The highest BCUT2D eigenvalue weighted by atomic mass is 79.9. The summed E-state index contributed by atoms with van der Waals surface area (Å²) < 4.78 is 2.98. The molecule has 100 valence electrons. The van der Waals surface area contributed by atoms with E-state index in [0.29, 0.717) is 12.1 Å². The van der Waals surface area contributed by atoms with Crippen molar-refractivity contribution in [2.24, 2.45) is 0 Å². The van der Waals surface area contributed by atoms with Crippen LogP contribution in [-0.2, 0) is 0 Å². The first-order valence-corrected chi connectivity index (χ1v) is 7.55. The molecule has 0 radical (unpaired) electrons. The standard InChI is InChI=1S/C14H21BrN2O/c1-10(2)17-9-11(15)8-13(17)14(18)16-12-6-4-3-5-7-12/h8-10,12H,3-7H2,1-2H3,(H,16,18). The summed E-state index contributed by atoms with van der Waals surface area (Å²) in [5, 5.41) is 3.16. The van der Waals surface area contributed by atoms with E-state index in [4.69, 9.17) is 0 Å². The molecular formula is C14H21BrN2O. The first-order valence-electron chi connectivity index (χ1n) is 6.76. The van der Waals surface area contributed by atoms with E-state index in [2.05, 4.69) is 35.1 Å². The number of carbonyl (C=O) groups excluding carboxylic acids is 1. The smallest absolute Gasteiger partial charge is 0.268 e. The summed E-state index contributed by atoms with van der Waals surface area (Å²) >= 11 is 3.44. The summed E-state index contributed by atoms with van der Waals surface area (Å²) in [5.74, 6) is 0.0568. The summed E-state index contributed by atoms with van der Waals surface area (Å²) in [4.78, 5) is 12.3. The molecule has 4 heteroatoms. The van der Waals surface area contributed by atoms with Crippen molar-refractivity contribution in [2.75, 3.05) is 0 Å². The Labute approximate surface area is 117 Å². The molecule has 1 saturated carbocycles. The lowest BCUT2D eigenvalue weighted by Crippen LogP contribution is -2.37. The number of nitrogens with one attached hydrogen (secondary N) is 1. The fourth-order valence-electron chi connectivity index (χ4n) is 2.56. The van der Waals surface area contributed by atoms with Gasteiger partial charge in [0, 0.05) is 22.8 Å². The molecule has 1 aromatic heterocycles. The zero-order valence-electron chi connectivity index (χ0n) is 11.1. The van der Waals surface area contributed by atoms with Crippen LogP contribution in [-0.4, -0.2) is 16.5 Å². The summed E-state index contributed by atoms with van der Waals surface area (Å²) in [6.45, 7) is 4.17. The normalized spacial score (nSPS) is 17.1. The quantitative estimate of drug-likeness (QED) is 0.902. The van der Waals surface area contributed by atoms with Crippen LogP contribution in [0.25, 0.3) is 0 Å². The van der Waals surface area contributed by atoms with Gasteiger partial charge in [-0.2, -0.15) is 0 Å². The number of amides is 1. The average Bonchev–Trinajstić information content (AvgIpc) is 2.73. The van der Waals surface area contributed by atoms with Crippen LogP contribution in [0.5, 0.6) is 0 Å². The number of aromatic nitrogens is 1. The molecule has 2 rings (SSSR count). The molecule has 0 saturated heterocycles. The second-order valence-corrected chi connectivity index (χ2v) is 6.27. The lowest BCUT2D eigenvalue weighted by Gasteiger charge is -2.23. The molecule has 0 aromatic carbocycles. The highest BCUT2D eigenvalue weighted by Gasteiger charge is 2.20. The van der Waals surface area contributed by atoms with Crippen LogP contribution in [0.2, 0.25) is 0 Å². The molecule has 1 amide bonds. The molecule has 1 heterocycles. The van der Waals surface area contributed by atoms with Gasteiger partial charge >= 0.3 is 0 Å². The van der Waals surface area contributed by atoms with Gasteiger partial charge in [0.05, 0.1) is 0 Å². The lowest BCUT2D eigenvalue weighted by molar-refractivity contribution is 0.0917. The largest absolute Gasteiger partial charge is 0.348 e. The van der Waals surface area contributed by atoms with E-state index >= 15 is 0 Å². The molecule has 0 unspecified atom stereocenters. The van der Waals surface area contributed by atoms with Gasteiger partial charge in [0.1, 0.15) is 5.69 Å². The molecule has 1 aliphatic carbocycles. The first-order chi connectivity index (χ1) is 8.58. The third-order valence-electron chi connectivity index (χ3n) is 3.54. The first kappa shape index (κ1) is 13.7. The SMILES string of the molecule is CC(C)n1cc(Br)cc1C(=O)NC1CCCCC1. The van der Waals surface area contributed by atoms with Crippen molar-refractivity contribution in [3.63, 3.8) is 0 Å². The Kier molecular flexibility index (Phi) is 4.49. The van der Waals surface area contributed by atoms with Crippen LogP contribution >= 0.6 is 15.9 Å². The van der Waals surface area contributed by atoms with Crippen molar-refractivity contribution >= 4 is 21.8 Å². The van der Waals surface area contributed by atoms with Crippen LogP contribution in [0.1, 0.15) is 62.5 Å². The van der Waals surface area contributed by atoms with Crippen LogP contribution in [0.4, 0.5) is 0 Å². The molecular weight excluding hydrogens is 292 g/mol. The van der Waals surface area contributed by atoms with Crippen molar-refractivity contribution in [3.05, 3.63) is 22.4 Å². The van der Waals surface area contributed by atoms with Gasteiger partial charge in [-0.3, -0.25) is 4.79 Å². The predicted octanol–water partition coefficient (Wildman–Crippen LogP) is 3.89. The highest BCUT2D eigenvalue weighted by molar-refractivity contribution is 9.10. The Morgan fingerprint density at radius 3 is 2.67 bits per heavy atom. The number of halogens is 1. The third-order valence-corrected chi connectivity index (χ3v) is 3.98. The topological polar surface area (TPSA) is 34.0 Å². The molecule has 1 aromatic rings. The molecule has 1 fully saturated rings. The Balaban J connectivity index is 2.08. The molecule has 1 N–H and O–H groups in total. The minimum atomic E-state index is 0.0568. The van der Waals surface area contributed by atoms with Gasteiger partial charge in [-0.1, -0.05) is 19.3 Å². The van der Waals surface area contributed by atoms with Gasteiger partial charge in [-0.15, -0.1) is 0 Å². The second-order valence-electron chi connectivity index (χ2n) is 5.35. The molecule has 0 spiro atoms. The van der Waals surface area contributed by atoms with Crippen LogP contribution in [0.15, 0.2) is 16.7 Å². The summed E-state index contributed by atoms with van der Waals surface area (Å²) in [6, 6.07) is 2.56. The Morgan fingerprint density at radius 2 is 2.06 bits per heavy atom. The van der Waals surface area contributed by atoms with E-state index in [1.807, 2.05) is 16.8 Å². The monoisotopic (exact) mass is 312 g/mol. The number of hydrogen-bond donors (Lipinski definition) is 1. The van der Waals surface area contributed by atoms with Gasteiger partial charge in [-0.25, -0.2) is 0 Å². The highest BCUT2D eigenvalue weighted by Crippen LogP contribution is 2.21. The number of rotatable bonds is 3. The van der Waals surface area contributed by atoms with Crippen LogP contribution < -0.4 is 5.32 Å². The van der Waals surface area contributed by atoms with Crippen molar-refractivity contribution < 1.29 is 4.79 Å². The summed E-state index contributed by atoms with van der Waals surface area (Å²) in [7, 11) is 0. The molecule has 18 heavy (non-hydrogen) atoms. The summed E-state index contributed by atoms with van der Waals surface area (Å²) in [6.07, 6.45) is 7.99. The van der Waals surface area contributed by atoms with Crippen LogP contribution in [0, 0.1) is 0 Å². The lowest BCUT2D eigenvalue weighted by atomic mass is 9.95. The van der Waals surface area contributed by atoms with Gasteiger partial charge in [0.2, 0.25) is 0 Å². The number of hydrogen-bond acceptors (Lipinski definition) is 1. The Morgan fingerprint density at radius 1 is 1.39 bits per heavy atom. The number of carbonyl (C=O) groups is 1. The van der Waals surface area contributed by atoms with Crippen molar-refractivity contribution in [1.82, 2.24) is 9.88 Å². The predicted molar refractivity (Wildman–Crippen MR) is 76.9 cm³/mol. The fourth-order valence-corrected chi connectivity index (χ4v) is 3.00. The second kappa shape index (κ2) is 5.91. The molecule has 0 atom stereocenters. The van der Waals surface area contributed by atoms with Crippen molar-refractivity contribution in [1.29, 1.82) is 0 Å². The van der Waals surface area contributed by atoms with E-state index in [-0.39, 0.29) is 5.91 Å². The Bertz CT molecular complexity index is 419. The molecule has 0 aliphatic heterocycles. The van der Waals surface area contributed by atoms with E-state index in [9.17, 15) is 4.79 Å². The van der Waals surface area contributed by atoms with E-state index < -0.39 is 0 Å². The van der Waals surface area contributed by atoms with Gasteiger partial charge in [-0.05, 0) is 48.7 Å². The van der Waals surface area contributed by atoms with Crippen LogP contribution in [0.3, 0.4) is 0 Å². The zero-order chi connectivity index (χ0) is 13.1. The minimum Gasteiger partial charge on any atom is -0.348 e.